The fraction of sp³-hybridized carbons (Fsp3) is 0.647. The highest BCUT2D eigenvalue weighted by Crippen LogP contribution is 2.26. The van der Waals surface area contributed by atoms with Crippen molar-refractivity contribution in [2.24, 2.45) is 5.73 Å². The third kappa shape index (κ3) is 6.58. The Hall–Kier alpha value is -0.340. The van der Waals surface area contributed by atoms with Crippen molar-refractivity contribution in [1.29, 1.82) is 0 Å². The van der Waals surface area contributed by atoms with Crippen molar-refractivity contribution in [1.82, 2.24) is 0 Å². The van der Waals surface area contributed by atoms with E-state index in [1.54, 1.807) is 0 Å². The van der Waals surface area contributed by atoms with Gasteiger partial charge in [0.05, 0.1) is 0 Å². The lowest BCUT2D eigenvalue weighted by Crippen LogP contribution is -2.11. The predicted molar refractivity (Wildman–Crippen MR) is 88.4 cm³/mol. The molecule has 0 aliphatic carbocycles. The molecule has 1 nitrogen and oxygen atoms in total. The number of nitrogens with two attached hydrogens (primary N) is 1. The topological polar surface area (TPSA) is 26.0 Å². The highest BCUT2D eigenvalue weighted by atomic mass is 79.9. The van der Waals surface area contributed by atoms with Crippen LogP contribution in [0.3, 0.4) is 0 Å². The summed E-state index contributed by atoms with van der Waals surface area (Å²) in [6.45, 7) is 4.38. The second-order valence-corrected chi connectivity index (χ2v) is 6.40. The normalized spacial score (nSPS) is 12.6. The van der Waals surface area contributed by atoms with Gasteiger partial charge in [0.2, 0.25) is 0 Å². The smallest absolute Gasteiger partial charge is 0.0306 e. The van der Waals surface area contributed by atoms with E-state index in [1.807, 2.05) is 0 Å². The van der Waals surface area contributed by atoms with Crippen molar-refractivity contribution in [2.45, 2.75) is 71.3 Å². The minimum absolute atomic E-state index is 0.171. The quantitative estimate of drug-likeness (QED) is 0.562. The first-order valence-electron chi connectivity index (χ1n) is 7.66. The molecule has 2 N–H and O–H groups in total. The van der Waals surface area contributed by atoms with Crippen LogP contribution < -0.4 is 5.73 Å². The molecule has 0 aliphatic heterocycles. The van der Waals surface area contributed by atoms with Gasteiger partial charge in [-0.2, -0.15) is 0 Å². The summed E-state index contributed by atoms with van der Waals surface area (Å²) in [5, 5.41) is 0. The molecule has 0 radical (unpaired) electrons. The lowest BCUT2D eigenvalue weighted by molar-refractivity contribution is 0.540. The Morgan fingerprint density at radius 1 is 1.05 bits per heavy atom. The van der Waals surface area contributed by atoms with Crippen molar-refractivity contribution >= 4 is 15.9 Å². The maximum Gasteiger partial charge on any atom is 0.0306 e. The van der Waals surface area contributed by atoms with E-state index in [9.17, 15) is 0 Å². The molecule has 0 aromatic heterocycles. The van der Waals surface area contributed by atoms with Crippen LogP contribution in [0.4, 0.5) is 0 Å². The molecule has 0 bridgehead atoms. The molecule has 1 aromatic rings. The summed E-state index contributed by atoms with van der Waals surface area (Å²) in [5.74, 6) is 0. The predicted octanol–water partition coefficient (Wildman–Crippen LogP) is 5.90. The first-order valence-corrected chi connectivity index (χ1v) is 8.46. The van der Waals surface area contributed by atoms with E-state index in [0.717, 1.165) is 10.9 Å². The first-order chi connectivity index (χ1) is 9.15. The number of rotatable bonds is 9. The Morgan fingerprint density at radius 3 is 2.37 bits per heavy atom. The molecule has 108 valence electrons. The third-order valence-electron chi connectivity index (χ3n) is 3.67. The summed E-state index contributed by atoms with van der Waals surface area (Å²) in [7, 11) is 0. The van der Waals surface area contributed by atoms with Gasteiger partial charge in [-0.05, 0) is 25.0 Å². The average Bonchev–Trinajstić information content (AvgIpc) is 2.40. The molecular formula is C17H28BrN. The van der Waals surface area contributed by atoms with Gasteiger partial charge in [0.1, 0.15) is 0 Å². The zero-order valence-corrected chi connectivity index (χ0v) is 14.0. The van der Waals surface area contributed by atoms with Gasteiger partial charge in [0.15, 0.2) is 0 Å². The Labute approximate surface area is 127 Å². The Balaban J connectivity index is 2.23. The minimum Gasteiger partial charge on any atom is -0.324 e. The Morgan fingerprint density at radius 2 is 1.68 bits per heavy atom. The summed E-state index contributed by atoms with van der Waals surface area (Å²) >= 11 is 3.60. The summed E-state index contributed by atoms with van der Waals surface area (Å²) in [6, 6.07) is 6.60. The van der Waals surface area contributed by atoms with Gasteiger partial charge < -0.3 is 5.73 Å². The van der Waals surface area contributed by atoms with Crippen LogP contribution in [-0.2, 0) is 0 Å². The van der Waals surface area contributed by atoms with Crippen LogP contribution in [0.2, 0.25) is 0 Å². The van der Waals surface area contributed by atoms with Crippen LogP contribution in [0.25, 0.3) is 0 Å². The van der Waals surface area contributed by atoms with Crippen LogP contribution in [0, 0.1) is 6.92 Å². The van der Waals surface area contributed by atoms with Gasteiger partial charge in [-0.15, -0.1) is 0 Å². The standard InChI is InChI=1S/C17H28BrN/c1-3-4-5-6-7-8-9-10-17(19)15-13-14(2)11-12-16(15)18/h11-13,17H,3-10,19H2,1-2H3. The minimum atomic E-state index is 0.171. The molecule has 0 amide bonds. The van der Waals surface area contributed by atoms with Crippen LogP contribution in [-0.4, -0.2) is 0 Å². The average molecular weight is 326 g/mol. The largest absolute Gasteiger partial charge is 0.324 e. The second kappa shape index (κ2) is 9.55. The van der Waals surface area contributed by atoms with Gasteiger partial charge in [-0.25, -0.2) is 0 Å². The molecule has 1 unspecified atom stereocenters. The zero-order chi connectivity index (χ0) is 14.1. The molecule has 0 saturated heterocycles. The molecular weight excluding hydrogens is 298 g/mol. The van der Waals surface area contributed by atoms with Crippen LogP contribution in [0.1, 0.15) is 75.5 Å². The van der Waals surface area contributed by atoms with E-state index in [4.69, 9.17) is 5.73 Å². The maximum atomic E-state index is 6.30. The monoisotopic (exact) mass is 325 g/mol. The number of hydrogen-bond acceptors (Lipinski definition) is 1. The fourth-order valence-electron chi connectivity index (χ4n) is 2.42. The van der Waals surface area contributed by atoms with Crippen molar-refractivity contribution in [3.05, 3.63) is 33.8 Å². The second-order valence-electron chi connectivity index (χ2n) is 5.54. The van der Waals surface area contributed by atoms with E-state index in [-0.39, 0.29) is 6.04 Å². The van der Waals surface area contributed by atoms with E-state index in [2.05, 4.69) is 48.0 Å². The van der Waals surface area contributed by atoms with Crippen LogP contribution in [0.5, 0.6) is 0 Å². The van der Waals surface area contributed by atoms with E-state index >= 15 is 0 Å². The lowest BCUT2D eigenvalue weighted by Gasteiger charge is -2.14. The number of unbranched alkanes of at least 4 members (excludes halogenated alkanes) is 6. The van der Waals surface area contributed by atoms with Crippen LogP contribution >= 0.6 is 15.9 Å². The van der Waals surface area contributed by atoms with Crippen LogP contribution in [0.15, 0.2) is 22.7 Å². The molecule has 0 saturated carbocycles. The van der Waals surface area contributed by atoms with Gasteiger partial charge in [-0.3, -0.25) is 0 Å². The molecule has 1 aromatic carbocycles. The molecule has 0 fully saturated rings. The SMILES string of the molecule is CCCCCCCCCC(N)c1cc(C)ccc1Br. The zero-order valence-electron chi connectivity index (χ0n) is 12.4. The molecule has 1 rings (SSSR count). The highest BCUT2D eigenvalue weighted by Gasteiger charge is 2.09. The highest BCUT2D eigenvalue weighted by molar-refractivity contribution is 9.10. The summed E-state index contributed by atoms with van der Waals surface area (Å²) < 4.78 is 1.15. The van der Waals surface area contributed by atoms with Crippen molar-refractivity contribution in [3.63, 3.8) is 0 Å². The Kier molecular flexibility index (Phi) is 8.40. The number of hydrogen-bond donors (Lipinski definition) is 1. The van der Waals surface area contributed by atoms with Crippen molar-refractivity contribution in [2.75, 3.05) is 0 Å². The van der Waals surface area contributed by atoms with E-state index in [0.29, 0.717) is 0 Å². The van der Waals surface area contributed by atoms with Gasteiger partial charge in [0, 0.05) is 10.5 Å². The summed E-state index contributed by atoms with van der Waals surface area (Å²) in [6.07, 6.45) is 10.5. The van der Waals surface area contributed by atoms with Crippen molar-refractivity contribution < 1.29 is 0 Å². The summed E-state index contributed by atoms with van der Waals surface area (Å²) in [4.78, 5) is 0. The maximum absolute atomic E-state index is 6.30. The van der Waals surface area contributed by atoms with Gasteiger partial charge in [0.25, 0.3) is 0 Å². The third-order valence-corrected chi connectivity index (χ3v) is 4.39. The van der Waals surface area contributed by atoms with E-state index in [1.165, 1.54) is 56.1 Å². The van der Waals surface area contributed by atoms with Gasteiger partial charge >= 0.3 is 0 Å². The molecule has 19 heavy (non-hydrogen) atoms. The van der Waals surface area contributed by atoms with Gasteiger partial charge in [-0.1, -0.05) is 85.5 Å². The molecule has 0 heterocycles. The Bertz CT molecular complexity index is 362. The van der Waals surface area contributed by atoms with Crippen molar-refractivity contribution in [3.8, 4) is 0 Å². The lowest BCUT2D eigenvalue weighted by atomic mass is 9.99. The number of halogens is 1. The van der Waals surface area contributed by atoms with E-state index < -0.39 is 0 Å². The number of aryl methyl sites for hydroxylation is 1. The molecule has 2 heteroatoms. The molecule has 1 atom stereocenters. The fourth-order valence-corrected chi connectivity index (χ4v) is 2.96. The molecule has 0 spiro atoms. The molecule has 0 aliphatic rings. The first kappa shape index (κ1) is 16.7. The number of benzene rings is 1. The summed E-state index contributed by atoms with van der Waals surface area (Å²) in [5.41, 5.74) is 8.84.